The molecule has 0 bridgehead atoms. The molecule has 0 aliphatic carbocycles. The fraction of sp³-hybridized carbons (Fsp3) is 0.647. The smallest absolute Gasteiger partial charge is 0.269 e. The van der Waals surface area contributed by atoms with Crippen LogP contribution in [0.15, 0.2) is 24.3 Å². The van der Waals surface area contributed by atoms with E-state index in [1.54, 1.807) is 12.1 Å². The van der Waals surface area contributed by atoms with Crippen LogP contribution in [0.1, 0.15) is 12.8 Å². The molecule has 1 atom stereocenters. The number of non-ortho nitro benzene ring substituents is 1. The highest BCUT2D eigenvalue weighted by Crippen LogP contribution is 2.20. The molecular weight excluding hydrogens is 310 g/mol. The van der Waals surface area contributed by atoms with Crippen LogP contribution < -0.4 is 4.90 Å². The molecule has 2 aliphatic rings. The van der Waals surface area contributed by atoms with E-state index in [0.29, 0.717) is 12.7 Å². The van der Waals surface area contributed by atoms with Crippen molar-refractivity contribution in [2.75, 3.05) is 57.4 Å². The summed E-state index contributed by atoms with van der Waals surface area (Å²) in [6.07, 6.45) is 2.57. The Hall–Kier alpha value is -1.70. The number of nitro benzene ring substituents is 1. The summed E-state index contributed by atoms with van der Waals surface area (Å²) in [6.45, 7) is 7.12. The van der Waals surface area contributed by atoms with Gasteiger partial charge in [-0.15, -0.1) is 0 Å². The molecule has 0 saturated carbocycles. The predicted molar refractivity (Wildman–Crippen MR) is 91.5 cm³/mol. The zero-order valence-electron chi connectivity index (χ0n) is 13.9. The van der Waals surface area contributed by atoms with E-state index in [4.69, 9.17) is 9.47 Å². The quantitative estimate of drug-likeness (QED) is 0.431. The second-order valence-electron chi connectivity index (χ2n) is 6.31. The molecule has 24 heavy (non-hydrogen) atoms. The van der Waals surface area contributed by atoms with Crippen molar-refractivity contribution in [2.45, 2.75) is 18.9 Å². The molecule has 2 saturated heterocycles. The first-order chi connectivity index (χ1) is 11.7. The van der Waals surface area contributed by atoms with Gasteiger partial charge in [-0.1, -0.05) is 0 Å². The van der Waals surface area contributed by atoms with Crippen LogP contribution in [0.2, 0.25) is 0 Å². The molecule has 0 aromatic heterocycles. The molecule has 1 unspecified atom stereocenters. The van der Waals surface area contributed by atoms with Crippen LogP contribution in [0.25, 0.3) is 0 Å². The number of nitro groups is 1. The van der Waals surface area contributed by atoms with Crippen molar-refractivity contribution in [3.63, 3.8) is 0 Å². The van der Waals surface area contributed by atoms with Gasteiger partial charge in [-0.2, -0.15) is 0 Å². The lowest BCUT2D eigenvalue weighted by molar-refractivity contribution is -0.384. The van der Waals surface area contributed by atoms with Gasteiger partial charge in [0.2, 0.25) is 0 Å². The summed E-state index contributed by atoms with van der Waals surface area (Å²) in [5, 5.41) is 10.7. The van der Waals surface area contributed by atoms with E-state index >= 15 is 0 Å². The van der Waals surface area contributed by atoms with Gasteiger partial charge in [0, 0.05) is 57.2 Å². The van der Waals surface area contributed by atoms with Gasteiger partial charge < -0.3 is 14.4 Å². The monoisotopic (exact) mass is 335 g/mol. The summed E-state index contributed by atoms with van der Waals surface area (Å²) < 4.78 is 11.3. The Kier molecular flexibility index (Phi) is 6.01. The van der Waals surface area contributed by atoms with Crippen LogP contribution in [0.4, 0.5) is 11.4 Å². The summed E-state index contributed by atoms with van der Waals surface area (Å²) in [4.78, 5) is 15.0. The maximum Gasteiger partial charge on any atom is 0.269 e. The van der Waals surface area contributed by atoms with E-state index in [1.807, 2.05) is 12.1 Å². The Morgan fingerprint density at radius 3 is 2.58 bits per heavy atom. The zero-order valence-corrected chi connectivity index (χ0v) is 13.9. The minimum atomic E-state index is -0.363. The number of ether oxygens (including phenoxy) is 2. The van der Waals surface area contributed by atoms with Gasteiger partial charge in [-0.3, -0.25) is 15.0 Å². The first kappa shape index (κ1) is 17.1. The molecule has 7 heteroatoms. The summed E-state index contributed by atoms with van der Waals surface area (Å²) in [6, 6.07) is 6.80. The van der Waals surface area contributed by atoms with Crippen LogP contribution >= 0.6 is 0 Å². The molecule has 2 aliphatic heterocycles. The maximum atomic E-state index is 10.7. The van der Waals surface area contributed by atoms with Crippen molar-refractivity contribution in [3.05, 3.63) is 34.4 Å². The first-order valence-corrected chi connectivity index (χ1v) is 8.63. The Morgan fingerprint density at radius 1 is 1.21 bits per heavy atom. The van der Waals surface area contributed by atoms with Crippen LogP contribution in [0.3, 0.4) is 0 Å². The molecule has 132 valence electrons. The van der Waals surface area contributed by atoms with Crippen molar-refractivity contribution in [1.29, 1.82) is 0 Å². The topological polar surface area (TPSA) is 68.1 Å². The van der Waals surface area contributed by atoms with E-state index in [1.165, 1.54) is 0 Å². The highest BCUT2D eigenvalue weighted by molar-refractivity contribution is 5.51. The molecule has 1 aromatic carbocycles. The Bertz CT molecular complexity index is 523. The largest absolute Gasteiger partial charge is 0.377 e. The molecule has 2 heterocycles. The lowest BCUT2D eigenvalue weighted by atomic mass is 10.2. The molecule has 0 radical (unpaired) electrons. The predicted octanol–water partition coefficient (Wildman–Crippen LogP) is 1.91. The van der Waals surface area contributed by atoms with Crippen molar-refractivity contribution in [1.82, 2.24) is 4.90 Å². The lowest BCUT2D eigenvalue weighted by Gasteiger charge is -2.36. The van der Waals surface area contributed by atoms with Gasteiger partial charge in [0.1, 0.15) is 0 Å². The summed E-state index contributed by atoms with van der Waals surface area (Å²) in [7, 11) is 0. The molecule has 3 rings (SSSR count). The van der Waals surface area contributed by atoms with Gasteiger partial charge >= 0.3 is 0 Å². The third-order valence-electron chi connectivity index (χ3n) is 4.68. The van der Waals surface area contributed by atoms with Crippen LogP contribution in [0, 0.1) is 10.1 Å². The summed E-state index contributed by atoms with van der Waals surface area (Å²) in [5.74, 6) is 0. The molecule has 0 N–H and O–H groups in total. The number of hydrogen-bond donors (Lipinski definition) is 0. The second-order valence-corrected chi connectivity index (χ2v) is 6.31. The molecule has 2 fully saturated rings. The van der Waals surface area contributed by atoms with E-state index in [9.17, 15) is 10.1 Å². The standard InChI is InChI=1S/C17H25N3O4/c21-20(22)16-5-3-15(4-6-16)19-9-7-18(8-10-19)11-13-23-14-17-2-1-12-24-17/h3-6,17H,1-2,7-14H2. The van der Waals surface area contributed by atoms with Gasteiger partial charge in [0.05, 0.1) is 24.2 Å². The van der Waals surface area contributed by atoms with Crippen molar-refractivity contribution in [2.24, 2.45) is 0 Å². The fourth-order valence-electron chi connectivity index (χ4n) is 3.20. The second kappa shape index (κ2) is 8.41. The highest BCUT2D eigenvalue weighted by atomic mass is 16.6. The minimum absolute atomic E-state index is 0.140. The van der Waals surface area contributed by atoms with Gasteiger partial charge in [-0.25, -0.2) is 0 Å². The van der Waals surface area contributed by atoms with Crippen molar-refractivity contribution >= 4 is 11.4 Å². The normalized spacial score (nSPS) is 22.0. The third-order valence-corrected chi connectivity index (χ3v) is 4.68. The van der Waals surface area contributed by atoms with Gasteiger partial charge in [0.15, 0.2) is 0 Å². The first-order valence-electron chi connectivity index (χ1n) is 8.63. The molecule has 7 nitrogen and oxygen atoms in total. The van der Waals surface area contributed by atoms with E-state index in [2.05, 4.69) is 9.80 Å². The summed E-state index contributed by atoms with van der Waals surface area (Å²) in [5.41, 5.74) is 1.19. The molecule has 1 aromatic rings. The van der Waals surface area contributed by atoms with E-state index < -0.39 is 0 Å². The Morgan fingerprint density at radius 2 is 1.96 bits per heavy atom. The van der Waals surface area contributed by atoms with E-state index in [0.717, 1.165) is 64.5 Å². The van der Waals surface area contributed by atoms with Crippen LogP contribution in [0.5, 0.6) is 0 Å². The number of hydrogen-bond acceptors (Lipinski definition) is 6. The lowest BCUT2D eigenvalue weighted by Crippen LogP contribution is -2.47. The van der Waals surface area contributed by atoms with E-state index in [-0.39, 0.29) is 10.6 Å². The van der Waals surface area contributed by atoms with Gasteiger partial charge in [0.25, 0.3) is 5.69 Å². The molecular formula is C17H25N3O4. The van der Waals surface area contributed by atoms with Gasteiger partial charge in [-0.05, 0) is 25.0 Å². The van der Waals surface area contributed by atoms with Crippen molar-refractivity contribution in [3.8, 4) is 0 Å². The molecule has 0 spiro atoms. The number of nitrogens with zero attached hydrogens (tertiary/aromatic N) is 3. The average Bonchev–Trinajstić information content (AvgIpc) is 3.13. The summed E-state index contributed by atoms with van der Waals surface area (Å²) >= 11 is 0. The SMILES string of the molecule is O=[N+]([O-])c1ccc(N2CCN(CCOCC3CCCO3)CC2)cc1. The number of rotatable bonds is 7. The zero-order chi connectivity index (χ0) is 16.8. The Balaban J connectivity index is 1.35. The van der Waals surface area contributed by atoms with Crippen LogP contribution in [-0.2, 0) is 9.47 Å². The third kappa shape index (κ3) is 4.66. The van der Waals surface area contributed by atoms with Crippen molar-refractivity contribution < 1.29 is 14.4 Å². The number of anilines is 1. The molecule has 0 amide bonds. The number of benzene rings is 1. The Labute approximate surface area is 142 Å². The average molecular weight is 335 g/mol. The van der Waals surface area contributed by atoms with Crippen LogP contribution in [-0.4, -0.2) is 68.5 Å². The highest BCUT2D eigenvalue weighted by Gasteiger charge is 2.19. The number of piperazine rings is 1. The fourth-order valence-corrected chi connectivity index (χ4v) is 3.20. The maximum absolute atomic E-state index is 10.7. The minimum Gasteiger partial charge on any atom is -0.377 e.